The van der Waals surface area contributed by atoms with E-state index in [4.69, 9.17) is 5.73 Å². The van der Waals surface area contributed by atoms with Crippen LogP contribution in [0.15, 0.2) is 18.3 Å². The molecule has 2 rings (SSSR count). The van der Waals surface area contributed by atoms with Crippen LogP contribution in [-0.4, -0.2) is 18.1 Å². The summed E-state index contributed by atoms with van der Waals surface area (Å²) in [5.74, 6) is 2.77. The van der Waals surface area contributed by atoms with Gasteiger partial charge in [-0.15, -0.1) is 0 Å². The molecule has 0 radical (unpaired) electrons. The van der Waals surface area contributed by atoms with E-state index in [9.17, 15) is 0 Å². The largest absolute Gasteiger partial charge is 0.357 e. The average Bonchev–Trinajstić information content (AvgIpc) is 2.64. The number of nitrogens with zero attached hydrogens (tertiary/aromatic N) is 2. The molecule has 0 bridgehead atoms. The summed E-state index contributed by atoms with van der Waals surface area (Å²) < 4.78 is 0. The van der Waals surface area contributed by atoms with Crippen molar-refractivity contribution in [2.45, 2.75) is 46.1 Å². The Kier molecular flexibility index (Phi) is 4.81. The van der Waals surface area contributed by atoms with E-state index in [2.05, 4.69) is 35.9 Å². The number of aromatic nitrogens is 1. The van der Waals surface area contributed by atoms with Crippen molar-refractivity contribution in [1.82, 2.24) is 4.98 Å². The van der Waals surface area contributed by atoms with Gasteiger partial charge in [0, 0.05) is 25.3 Å². The summed E-state index contributed by atoms with van der Waals surface area (Å²) in [7, 11) is 0. The number of hydrogen-bond donors (Lipinski definition) is 1. The van der Waals surface area contributed by atoms with Crippen molar-refractivity contribution in [2.75, 3.05) is 18.0 Å². The van der Waals surface area contributed by atoms with Gasteiger partial charge in [-0.2, -0.15) is 0 Å². The lowest BCUT2D eigenvalue weighted by Gasteiger charge is -2.22. The summed E-state index contributed by atoms with van der Waals surface area (Å²) in [5.41, 5.74) is 6.97. The molecule has 0 aromatic carbocycles. The summed E-state index contributed by atoms with van der Waals surface area (Å²) in [5, 5.41) is 0. The maximum atomic E-state index is 5.87. The molecule has 106 valence electrons. The number of pyridine rings is 1. The molecule has 2 atom stereocenters. The molecule has 1 fully saturated rings. The predicted molar refractivity (Wildman–Crippen MR) is 81.2 cm³/mol. The molecule has 1 aromatic heterocycles. The first-order valence-corrected chi connectivity index (χ1v) is 7.54. The van der Waals surface area contributed by atoms with Crippen molar-refractivity contribution < 1.29 is 0 Å². The van der Waals surface area contributed by atoms with Crippen LogP contribution >= 0.6 is 0 Å². The van der Waals surface area contributed by atoms with Gasteiger partial charge in [0.25, 0.3) is 0 Å². The molecule has 2 heterocycles. The number of nitrogens with two attached hydrogens (primary N) is 1. The number of hydrogen-bond acceptors (Lipinski definition) is 3. The van der Waals surface area contributed by atoms with E-state index >= 15 is 0 Å². The van der Waals surface area contributed by atoms with Gasteiger partial charge in [-0.25, -0.2) is 4.98 Å². The Bertz CT molecular complexity index is 383. The van der Waals surface area contributed by atoms with E-state index in [1.54, 1.807) is 0 Å². The third-order valence-electron chi connectivity index (χ3n) is 4.34. The maximum Gasteiger partial charge on any atom is 0.128 e. The van der Waals surface area contributed by atoms with Crippen LogP contribution in [0.3, 0.4) is 0 Å². The van der Waals surface area contributed by atoms with E-state index in [1.807, 2.05) is 13.1 Å². The molecule has 19 heavy (non-hydrogen) atoms. The van der Waals surface area contributed by atoms with Gasteiger partial charge in [0.1, 0.15) is 5.82 Å². The van der Waals surface area contributed by atoms with Gasteiger partial charge < -0.3 is 10.6 Å². The van der Waals surface area contributed by atoms with Crippen LogP contribution in [0.2, 0.25) is 0 Å². The fourth-order valence-electron chi connectivity index (χ4n) is 2.87. The lowest BCUT2D eigenvalue weighted by Crippen LogP contribution is -2.25. The van der Waals surface area contributed by atoms with Gasteiger partial charge in [0.05, 0.1) is 0 Å². The Morgan fingerprint density at radius 3 is 2.58 bits per heavy atom. The Balaban J connectivity index is 2.01. The molecule has 0 amide bonds. The van der Waals surface area contributed by atoms with E-state index in [0.717, 1.165) is 36.3 Å². The monoisotopic (exact) mass is 261 g/mol. The van der Waals surface area contributed by atoms with Crippen LogP contribution in [0.4, 0.5) is 5.82 Å². The van der Waals surface area contributed by atoms with E-state index in [1.165, 1.54) is 19.3 Å². The highest BCUT2D eigenvalue weighted by Crippen LogP contribution is 2.26. The van der Waals surface area contributed by atoms with Crippen molar-refractivity contribution in [3.8, 4) is 0 Å². The Morgan fingerprint density at radius 2 is 2.00 bits per heavy atom. The van der Waals surface area contributed by atoms with Crippen molar-refractivity contribution in [1.29, 1.82) is 0 Å². The van der Waals surface area contributed by atoms with Crippen LogP contribution in [0, 0.1) is 11.8 Å². The maximum absolute atomic E-state index is 5.87. The molecule has 1 saturated heterocycles. The topological polar surface area (TPSA) is 42.1 Å². The van der Waals surface area contributed by atoms with Crippen LogP contribution in [0.5, 0.6) is 0 Å². The molecule has 1 aliphatic heterocycles. The minimum absolute atomic E-state index is 0.0657. The summed E-state index contributed by atoms with van der Waals surface area (Å²) >= 11 is 0. The molecule has 0 aliphatic carbocycles. The van der Waals surface area contributed by atoms with Gasteiger partial charge in [-0.3, -0.25) is 0 Å². The second-order valence-corrected chi connectivity index (χ2v) is 6.16. The van der Waals surface area contributed by atoms with Crippen LogP contribution in [-0.2, 0) is 0 Å². The highest BCUT2D eigenvalue weighted by molar-refractivity contribution is 5.39. The quantitative estimate of drug-likeness (QED) is 0.907. The Morgan fingerprint density at radius 1 is 1.21 bits per heavy atom. The third kappa shape index (κ3) is 3.69. The highest BCUT2D eigenvalue weighted by atomic mass is 15.2. The lowest BCUT2D eigenvalue weighted by atomic mass is 9.89. The van der Waals surface area contributed by atoms with Crippen molar-refractivity contribution >= 4 is 5.82 Å². The van der Waals surface area contributed by atoms with Crippen LogP contribution < -0.4 is 10.6 Å². The van der Waals surface area contributed by atoms with Crippen molar-refractivity contribution in [3.63, 3.8) is 0 Å². The molecule has 0 spiro atoms. The fourth-order valence-corrected chi connectivity index (χ4v) is 2.87. The Labute approximate surface area is 117 Å². The van der Waals surface area contributed by atoms with Crippen LogP contribution in [0.1, 0.15) is 51.6 Å². The van der Waals surface area contributed by atoms with Gasteiger partial charge in [0.15, 0.2) is 0 Å². The summed E-state index contributed by atoms with van der Waals surface area (Å²) in [4.78, 5) is 7.01. The summed E-state index contributed by atoms with van der Waals surface area (Å²) in [6.07, 6.45) is 5.84. The average molecular weight is 261 g/mol. The van der Waals surface area contributed by atoms with E-state index in [-0.39, 0.29) is 6.04 Å². The number of anilines is 1. The molecule has 3 nitrogen and oxygen atoms in total. The summed E-state index contributed by atoms with van der Waals surface area (Å²) in [6.45, 7) is 8.95. The molecule has 1 aromatic rings. The predicted octanol–water partition coefficient (Wildman–Crippen LogP) is 3.36. The fraction of sp³-hybridized carbons (Fsp3) is 0.688. The molecule has 2 N–H and O–H groups in total. The van der Waals surface area contributed by atoms with Gasteiger partial charge in [0.2, 0.25) is 0 Å². The molecule has 0 saturated carbocycles. The van der Waals surface area contributed by atoms with Crippen molar-refractivity contribution in [2.24, 2.45) is 17.6 Å². The minimum Gasteiger partial charge on any atom is -0.357 e. The van der Waals surface area contributed by atoms with E-state index in [0.29, 0.717) is 0 Å². The standard InChI is InChI=1S/C16H27N3/c1-12(2)14-5-4-9-19(10-8-14)16-7-6-15(11-18-16)13(3)17/h6-7,11-14H,4-5,8-10,17H2,1-3H3/t13-,14?/m0/s1. The zero-order chi connectivity index (χ0) is 13.8. The summed E-state index contributed by atoms with van der Waals surface area (Å²) in [6, 6.07) is 4.29. The molecular formula is C16H27N3. The van der Waals surface area contributed by atoms with Gasteiger partial charge in [-0.1, -0.05) is 19.9 Å². The molecule has 3 heteroatoms. The first-order chi connectivity index (χ1) is 9.08. The zero-order valence-corrected chi connectivity index (χ0v) is 12.5. The van der Waals surface area contributed by atoms with Crippen LogP contribution in [0.25, 0.3) is 0 Å². The third-order valence-corrected chi connectivity index (χ3v) is 4.34. The highest BCUT2D eigenvalue weighted by Gasteiger charge is 2.20. The first kappa shape index (κ1) is 14.3. The number of rotatable bonds is 3. The molecule has 1 aliphatic rings. The van der Waals surface area contributed by atoms with Gasteiger partial charge >= 0.3 is 0 Å². The van der Waals surface area contributed by atoms with Gasteiger partial charge in [-0.05, 0) is 49.7 Å². The first-order valence-electron chi connectivity index (χ1n) is 7.54. The Hall–Kier alpha value is -1.09. The van der Waals surface area contributed by atoms with E-state index < -0.39 is 0 Å². The normalized spacial score (nSPS) is 22.4. The minimum atomic E-state index is 0.0657. The molecule has 1 unspecified atom stereocenters. The SMILES string of the molecule is CC(C)C1CCCN(c2ccc([C@H](C)N)cn2)CC1. The molecular weight excluding hydrogens is 234 g/mol. The second-order valence-electron chi connectivity index (χ2n) is 6.16. The second kappa shape index (κ2) is 6.38. The van der Waals surface area contributed by atoms with Crippen molar-refractivity contribution in [3.05, 3.63) is 23.9 Å². The zero-order valence-electron chi connectivity index (χ0n) is 12.5. The lowest BCUT2D eigenvalue weighted by molar-refractivity contribution is 0.351. The smallest absolute Gasteiger partial charge is 0.128 e.